The molecule has 2 rings (SSSR count). The van der Waals surface area contributed by atoms with E-state index in [2.05, 4.69) is 10.1 Å². The topological polar surface area (TPSA) is 50.7 Å². The van der Waals surface area contributed by atoms with E-state index in [1.54, 1.807) is 25.4 Å². The highest BCUT2D eigenvalue weighted by Crippen LogP contribution is 2.03. The van der Waals surface area contributed by atoms with Gasteiger partial charge in [0.25, 0.3) is 5.56 Å². The second-order valence-corrected chi connectivity index (χ2v) is 3.21. The van der Waals surface area contributed by atoms with Gasteiger partial charge < -0.3 is 0 Å². The van der Waals surface area contributed by atoms with E-state index in [-0.39, 0.29) is 5.56 Å². The van der Waals surface area contributed by atoms with Crippen molar-refractivity contribution in [2.24, 2.45) is 0 Å². The summed E-state index contributed by atoms with van der Waals surface area (Å²) in [7, 11) is 0. The predicted octanol–water partition coefficient (Wildman–Crippen LogP) is 1.18. The third-order valence-corrected chi connectivity index (χ3v) is 2.27. The molecule has 0 radical (unpaired) electrons. The van der Waals surface area contributed by atoms with Gasteiger partial charge in [-0.1, -0.05) is 0 Å². The van der Waals surface area contributed by atoms with Gasteiger partial charge in [0.2, 0.25) is 0 Å². The summed E-state index contributed by atoms with van der Waals surface area (Å²) < 4.78 is 1.50. The van der Waals surface area contributed by atoms with E-state index in [4.69, 9.17) is 0 Å². The molecule has 4 nitrogen and oxygen atoms in total. The Labute approximate surface area is 81.2 Å². The monoisotopic (exact) mass is 189 g/mol. The van der Waals surface area contributed by atoms with Crippen LogP contribution in [0.2, 0.25) is 0 Å². The fraction of sp³-hybridized carbons (Fsp3) is 0.200. The number of pyridine rings is 1. The van der Waals surface area contributed by atoms with Crippen molar-refractivity contribution in [1.82, 2.24) is 14.8 Å². The lowest BCUT2D eigenvalue weighted by atomic mass is 10.3. The standard InChI is InChI=1S/C10H11N3O/c1-7-8(2)12-13(10(7)14)9-4-3-5-11-6-9/h3-6,12H,1-2H3. The van der Waals surface area contributed by atoms with Crippen LogP contribution >= 0.6 is 0 Å². The Balaban J connectivity index is 2.64. The molecule has 14 heavy (non-hydrogen) atoms. The normalized spacial score (nSPS) is 10.4. The smallest absolute Gasteiger partial charge is 0.274 e. The Hall–Kier alpha value is -1.84. The van der Waals surface area contributed by atoms with Gasteiger partial charge in [0.05, 0.1) is 11.9 Å². The third kappa shape index (κ3) is 1.25. The number of nitrogens with one attached hydrogen (secondary N) is 1. The molecule has 72 valence electrons. The van der Waals surface area contributed by atoms with Crippen LogP contribution in [0.4, 0.5) is 0 Å². The Morgan fingerprint density at radius 2 is 2.21 bits per heavy atom. The Kier molecular flexibility index (Phi) is 1.96. The number of hydrogen-bond acceptors (Lipinski definition) is 2. The SMILES string of the molecule is Cc1[nH]n(-c2cccnc2)c(=O)c1C. The molecule has 0 amide bonds. The van der Waals surface area contributed by atoms with Crippen molar-refractivity contribution >= 4 is 0 Å². The van der Waals surface area contributed by atoms with E-state index >= 15 is 0 Å². The molecule has 0 aliphatic heterocycles. The highest BCUT2D eigenvalue weighted by Gasteiger charge is 2.07. The molecule has 0 aliphatic carbocycles. The molecule has 0 atom stereocenters. The van der Waals surface area contributed by atoms with Crippen LogP contribution in [0, 0.1) is 13.8 Å². The number of aryl methyl sites for hydroxylation is 1. The van der Waals surface area contributed by atoms with E-state index in [1.165, 1.54) is 4.68 Å². The van der Waals surface area contributed by atoms with Crippen molar-refractivity contribution in [3.63, 3.8) is 0 Å². The van der Waals surface area contributed by atoms with Crippen LogP contribution in [0.25, 0.3) is 5.69 Å². The molecular formula is C10H11N3O. The summed E-state index contributed by atoms with van der Waals surface area (Å²) in [5, 5.41) is 2.99. The molecule has 2 aromatic rings. The van der Waals surface area contributed by atoms with Crippen LogP contribution in [-0.2, 0) is 0 Å². The van der Waals surface area contributed by atoms with Gasteiger partial charge in [-0.3, -0.25) is 14.9 Å². The zero-order valence-electron chi connectivity index (χ0n) is 8.11. The van der Waals surface area contributed by atoms with Crippen molar-refractivity contribution in [1.29, 1.82) is 0 Å². The summed E-state index contributed by atoms with van der Waals surface area (Å²) in [6, 6.07) is 3.64. The van der Waals surface area contributed by atoms with Gasteiger partial charge in [0.15, 0.2) is 0 Å². The van der Waals surface area contributed by atoms with Gasteiger partial charge in [0.1, 0.15) is 0 Å². The number of rotatable bonds is 1. The zero-order valence-corrected chi connectivity index (χ0v) is 8.11. The summed E-state index contributed by atoms with van der Waals surface area (Å²) in [5.41, 5.74) is 2.37. The van der Waals surface area contributed by atoms with Crippen molar-refractivity contribution in [2.45, 2.75) is 13.8 Å². The van der Waals surface area contributed by atoms with Crippen molar-refractivity contribution < 1.29 is 0 Å². The van der Waals surface area contributed by atoms with Gasteiger partial charge in [-0.15, -0.1) is 0 Å². The van der Waals surface area contributed by atoms with Gasteiger partial charge in [-0.05, 0) is 26.0 Å². The van der Waals surface area contributed by atoms with Gasteiger partial charge in [-0.25, -0.2) is 4.68 Å². The minimum absolute atomic E-state index is 0.0181. The van der Waals surface area contributed by atoms with Crippen molar-refractivity contribution in [2.75, 3.05) is 0 Å². The Morgan fingerprint density at radius 3 is 2.71 bits per heavy atom. The lowest BCUT2D eigenvalue weighted by Crippen LogP contribution is -2.15. The van der Waals surface area contributed by atoms with Crippen LogP contribution < -0.4 is 5.56 Å². The number of hydrogen-bond donors (Lipinski definition) is 1. The molecule has 2 heterocycles. The van der Waals surface area contributed by atoms with Crippen LogP contribution in [0.5, 0.6) is 0 Å². The molecule has 0 unspecified atom stereocenters. The Bertz CT molecular complexity index is 496. The zero-order chi connectivity index (χ0) is 10.1. The van der Waals surface area contributed by atoms with Gasteiger partial charge >= 0.3 is 0 Å². The Morgan fingerprint density at radius 1 is 1.43 bits per heavy atom. The fourth-order valence-corrected chi connectivity index (χ4v) is 1.30. The summed E-state index contributed by atoms with van der Waals surface area (Å²) >= 11 is 0. The largest absolute Gasteiger partial charge is 0.295 e. The first-order valence-electron chi connectivity index (χ1n) is 4.39. The lowest BCUT2D eigenvalue weighted by molar-refractivity contribution is 0.830. The maximum atomic E-state index is 11.7. The molecule has 0 spiro atoms. The van der Waals surface area contributed by atoms with Crippen molar-refractivity contribution in [3.05, 3.63) is 46.1 Å². The maximum absolute atomic E-state index is 11.7. The second kappa shape index (κ2) is 3.14. The molecule has 2 aromatic heterocycles. The van der Waals surface area contributed by atoms with E-state index in [0.29, 0.717) is 0 Å². The highest BCUT2D eigenvalue weighted by atomic mass is 16.1. The van der Waals surface area contributed by atoms with E-state index in [0.717, 1.165) is 16.9 Å². The first kappa shape index (κ1) is 8.74. The van der Waals surface area contributed by atoms with E-state index in [9.17, 15) is 4.79 Å². The quantitative estimate of drug-likeness (QED) is 0.732. The highest BCUT2D eigenvalue weighted by molar-refractivity contribution is 5.29. The molecule has 1 N–H and O–H groups in total. The first-order valence-corrected chi connectivity index (χ1v) is 4.39. The molecule has 0 saturated carbocycles. The molecular weight excluding hydrogens is 178 g/mol. The first-order chi connectivity index (χ1) is 6.70. The third-order valence-electron chi connectivity index (χ3n) is 2.27. The predicted molar refractivity (Wildman–Crippen MR) is 53.7 cm³/mol. The molecule has 0 bridgehead atoms. The van der Waals surface area contributed by atoms with Crippen LogP contribution in [0.3, 0.4) is 0 Å². The molecule has 0 fully saturated rings. The van der Waals surface area contributed by atoms with Crippen LogP contribution in [0.15, 0.2) is 29.3 Å². The van der Waals surface area contributed by atoms with E-state index < -0.39 is 0 Å². The van der Waals surface area contributed by atoms with Crippen LogP contribution in [-0.4, -0.2) is 14.8 Å². The maximum Gasteiger partial charge on any atom is 0.274 e. The van der Waals surface area contributed by atoms with Crippen LogP contribution in [0.1, 0.15) is 11.3 Å². The minimum Gasteiger partial charge on any atom is -0.295 e. The molecule has 0 saturated heterocycles. The number of H-pyrrole nitrogens is 1. The van der Waals surface area contributed by atoms with Gasteiger partial charge in [0, 0.05) is 17.5 Å². The van der Waals surface area contributed by atoms with Gasteiger partial charge in [-0.2, -0.15) is 0 Å². The summed E-state index contributed by atoms with van der Waals surface area (Å²) in [5.74, 6) is 0. The molecule has 4 heteroatoms. The summed E-state index contributed by atoms with van der Waals surface area (Å²) in [6.07, 6.45) is 3.33. The molecule has 0 aliphatic rings. The average Bonchev–Trinajstić information content (AvgIpc) is 2.47. The minimum atomic E-state index is -0.0181. The number of aromatic amines is 1. The van der Waals surface area contributed by atoms with Crippen molar-refractivity contribution in [3.8, 4) is 5.69 Å². The average molecular weight is 189 g/mol. The molecule has 0 aromatic carbocycles. The lowest BCUT2D eigenvalue weighted by Gasteiger charge is -1.98. The fourth-order valence-electron chi connectivity index (χ4n) is 1.30. The number of nitrogens with zero attached hydrogens (tertiary/aromatic N) is 2. The number of aromatic nitrogens is 3. The van der Waals surface area contributed by atoms with E-state index in [1.807, 2.05) is 13.0 Å². The summed E-state index contributed by atoms with van der Waals surface area (Å²) in [4.78, 5) is 15.7. The summed E-state index contributed by atoms with van der Waals surface area (Å²) in [6.45, 7) is 3.69. The second-order valence-electron chi connectivity index (χ2n) is 3.21.